The van der Waals surface area contributed by atoms with E-state index in [4.69, 9.17) is 10.2 Å². The number of urea groups is 1. The number of amides is 2. The van der Waals surface area contributed by atoms with Crippen LogP contribution in [0.25, 0.3) is 0 Å². The van der Waals surface area contributed by atoms with Crippen LogP contribution in [0.5, 0.6) is 0 Å². The number of hydrogen-bond acceptors (Lipinski definition) is 3. The van der Waals surface area contributed by atoms with E-state index >= 15 is 0 Å². The van der Waals surface area contributed by atoms with Gasteiger partial charge in [-0.05, 0) is 25.2 Å². The van der Waals surface area contributed by atoms with Gasteiger partial charge in [-0.25, -0.2) is 9.59 Å². The molecule has 0 aromatic rings. The Morgan fingerprint density at radius 3 is 2.32 bits per heavy atom. The third-order valence-electron chi connectivity index (χ3n) is 3.28. The van der Waals surface area contributed by atoms with Crippen LogP contribution in [0.3, 0.4) is 0 Å². The smallest absolute Gasteiger partial charge is 0.326 e. The van der Waals surface area contributed by atoms with Crippen molar-refractivity contribution in [2.24, 2.45) is 5.92 Å². The van der Waals surface area contributed by atoms with Gasteiger partial charge in [0.05, 0.1) is 0 Å². The summed E-state index contributed by atoms with van der Waals surface area (Å²) in [6.07, 6.45) is 4.10. The minimum absolute atomic E-state index is 0.123. The Kier molecular flexibility index (Phi) is 6.11. The summed E-state index contributed by atoms with van der Waals surface area (Å²) >= 11 is 0. The van der Waals surface area contributed by atoms with Crippen LogP contribution in [0.15, 0.2) is 0 Å². The van der Waals surface area contributed by atoms with Crippen molar-refractivity contribution < 1.29 is 24.6 Å². The molecule has 2 amide bonds. The summed E-state index contributed by atoms with van der Waals surface area (Å²) in [6, 6.07) is -1.72. The molecule has 1 saturated carbocycles. The van der Waals surface area contributed by atoms with E-state index < -0.39 is 24.0 Å². The van der Waals surface area contributed by atoms with Gasteiger partial charge in [-0.3, -0.25) is 4.79 Å². The molecule has 0 aromatic carbocycles. The third kappa shape index (κ3) is 6.08. The number of rotatable bonds is 7. The number of aliphatic carboxylic acids is 2. The summed E-state index contributed by atoms with van der Waals surface area (Å²) in [5.41, 5.74) is 0. The van der Waals surface area contributed by atoms with Gasteiger partial charge in [0.2, 0.25) is 0 Å². The highest BCUT2D eigenvalue weighted by Crippen LogP contribution is 2.23. The topological polar surface area (TPSA) is 116 Å². The molecule has 1 rings (SSSR count). The first kappa shape index (κ1) is 15.3. The minimum atomic E-state index is -1.22. The zero-order chi connectivity index (χ0) is 14.3. The largest absolute Gasteiger partial charge is 0.481 e. The fourth-order valence-corrected chi connectivity index (χ4v) is 2.19. The summed E-state index contributed by atoms with van der Waals surface area (Å²) in [4.78, 5) is 32.8. The van der Waals surface area contributed by atoms with Crippen molar-refractivity contribution in [2.45, 2.75) is 44.6 Å². The molecule has 1 unspecified atom stereocenters. The average molecular weight is 272 g/mol. The number of nitrogens with one attached hydrogen (secondary N) is 2. The summed E-state index contributed by atoms with van der Waals surface area (Å²) in [7, 11) is 0. The van der Waals surface area contributed by atoms with Crippen LogP contribution in [-0.4, -0.2) is 40.8 Å². The molecule has 4 N–H and O–H groups in total. The maximum absolute atomic E-state index is 11.5. The van der Waals surface area contributed by atoms with Gasteiger partial charge < -0.3 is 20.8 Å². The quantitative estimate of drug-likeness (QED) is 0.547. The molecule has 0 aliphatic heterocycles. The monoisotopic (exact) mass is 272 g/mol. The molecule has 0 heterocycles. The maximum atomic E-state index is 11.5. The minimum Gasteiger partial charge on any atom is -0.481 e. The molecule has 0 saturated heterocycles. The molecule has 0 bridgehead atoms. The lowest BCUT2D eigenvalue weighted by Crippen LogP contribution is -2.47. The predicted octanol–water partition coefficient (Wildman–Crippen LogP) is 0.794. The fourth-order valence-electron chi connectivity index (χ4n) is 2.19. The second kappa shape index (κ2) is 7.60. The first-order valence-corrected chi connectivity index (χ1v) is 6.48. The molecule has 1 atom stereocenters. The van der Waals surface area contributed by atoms with E-state index in [1.165, 1.54) is 12.8 Å². The Hall–Kier alpha value is -1.79. The fraction of sp³-hybridized carbons (Fsp3) is 0.750. The predicted molar refractivity (Wildman–Crippen MR) is 66.8 cm³/mol. The van der Waals surface area contributed by atoms with Gasteiger partial charge in [0.1, 0.15) is 6.04 Å². The van der Waals surface area contributed by atoms with Crippen LogP contribution < -0.4 is 10.6 Å². The van der Waals surface area contributed by atoms with E-state index in [0.29, 0.717) is 12.5 Å². The first-order valence-electron chi connectivity index (χ1n) is 6.48. The average Bonchev–Trinajstić information content (AvgIpc) is 2.84. The number of carbonyl (C=O) groups is 3. The van der Waals surface area contributed by atoms with Crippen LogP contribution in [0.4, 0.5) is 4.79 Å². The van der Waals surface area contributed by atoms with Gasteiger partial charge in [-0.15, -0.1) is 0 Å². The van der Waals surface area contributed by atoms with Gasteiger partial charge in [0, 0.05) is 13.0 Å². The molecule has 7 heteroatoms. The standard InChI is InChI=1S/C12H20N2O5/c15-10(16)6-5-9(11(17)18)14-12(19)13-7-8-3-1-2-4-8/h8-9H,1-7H2,(H,15,16)(H,17,18)(H2,13,14,19). The van der Waals surface area contributed by atoms with Gasteiger partial charge in [0.25, 0.3) is 0 Å². The molecule has 0 aromatic heterocycles. The van der Waals surface area contributed by atoms with Crippen molar-refractivity contribution in [3.05, 3.63) is 0 Å². The second-order valence-corrected chi connectivity index (χ2v) is 4.83. The summed E-state index contributed by atoms with van der Waals surface area (Å²) in [5.74, 6) is -1.84. The van der Waals surface area contributed by atoms with E-state index in [9.17, 15) is 14.4 Å². The zero-order valence-corrected chi connectivity index (χ0v) is 10.7. The molecule has 0 spiro atoms. The normalized spacial score (nSPS) is 16.8. The van der Waals surface area contributed by atoms with E-state index in [1.54, 1.807) is 0 Å². The van der Waals surface area contributed by atoms with E-state index in [1.807, 2.05) is 0 Å². The molecule has 1 fully saturated rings. The zero-order valence-electron chi connectivity index (χ0n) is 10.7. The summed E-state index contributed by atoms with van der Waals surface area (Å²) in [5, 5.41) is 22.3. The summed E-state index contributed by atoms with van der Waals surface area (Å²) < 4.78 is 0. The molecule has 108 valence electrons. The molecule has 7 nitrogen and oxygen atoms in total. The number of carboxylic acid groups (broad SMARTS) is 2. The van der Waals surface area contributed by atoms with Crippen LogP contribution in [0.2, 0.25) is 0 Å². The van der Waals surface area contributed by atoms with Crippen LogP contribution >= 0.6 is 0 Å². The highest BCUT2D eigenvalue weighted by Gasteiger charge is 2.21. The van der Waals surface area contributed by atoms with Gasteiger partial charge >= 0.3 is 18.0 Å². The Balaban J connectivity index is 2.29. The van der Waals surface area contributed by atoms with Crippen molar-refractivity contribution in [3.8, 4) is 0 Å². The second-order valence-electron chi connectivity index (χ2n) is 4.83. The molecule has 1 aliphatic rings. The summed E-state index contributed by atoms with van der Waals surface area (Å²) in [6.45, 7) is 0.539. The first-order chi connectivity index (χ1) is 8.99. The van der Waals surface area contributed by atoms with Crippen LogP contribution in [0, 0.1) is 5.92 Å². The van der Waals surface area contributed by atoms with Gasteiger partial charge in [-0.2, -0.15) is 0 Å². The van der Waals surface area contributed by atoms with E-state index in [0.717, 1.165) is 12.8 Å². The lowest BCUT2D eigenvalue weighted by atomic mass is 10.1. The molecule has 19 heavy (non-hydrogen) atoms. The Morgan fingerprint density at radius 2 is 1.79 bits per heavy atom. The van der Waals surface area contributed by atoms with Crippen LogP contribution in [0.1, 0.15) is 38.5 Å². The SMILES string of the molecule is O=C(O)CCC(NC(=O)NCC1CCCC1)C(=O)O. The number of carbonyl (C=O) groups excluding carboxylic acids is 1. The third-order valence-corrected chi connectivity index (χ3v) is 3.28. The lowest BCUT2D eigenvalue weighted by molar-refractivity contribution is -0.140. The van der Waals surface area contributed by atoms with Crippen molar-refractivity contribution >= 4 is 18.0 Å². The van der Waals surface area contributed by atoms with E-state index in [2.05, 4.69) is 10.6 Å². The highest BCUT2D eigenvalue weighted by atomic mass is 16.4. The Morgan fingerprint density at radius 1 is 1.16 bits per heavy atom. The highest BCUT2D eigenvalue weighted by molar-refractivity contribution is 5.82. The van der Waals surface area contributed by atoms with Gasteiger partial charge in [0.15, 0.2) is 0 Å². The lowest BCUT2D eigenvalue weighted by Gasteiger charge is -2.16. The van der Waals surface area contributed by atoms with Crippen molar-refractivity contribution in [2.75, 3.05) is 6.54 Å². The van der Waals surface area contributed by atoms with Crippen molar-refractivity contribution in [3.63, 3.8) is 0 Å². The van der Waals surface area contributed by atoms with Crippen LogP contribution in [-0.2, 0) is 9.59 Å². The van der Waals surface area contributed by atoms with Gasteiger partial charge in [-0.1, -0.05) is 12.8 Å². The molecule has 1 aliphatic carbocycles. The molecule has 0 radical (unpaired) electrons. The molecular weight excluding hydrogens is 252 g/mol. The number of carboxylic acids is 2. The van der Waals surface area contributed by atoms with Crippen molar-refractivity contribution in [1.82, 2.24) is 10.6 Å². The Labute approximate surface area is 111 Å². The molecular formula is C12H20N2O5. The Bertz CT molecular complexity index is 339. The maximum Gasteiger partial charge on any atom is 0.326 e. The van der Waals surface area contributed by atoms with Crippen molar-refractivity contribution in [1.29, 1.82) is 0 Å². The van der Waals surface area contributed by atoms with E-state index in [-0.39, 0.29) is 12.8 Å². The number of hydrogen-bond donors (Lipinski definition) is 4.